The summed E-state index contributed by atoms with van der Waals surface area (Å²) in [6, 6.07) is 27.1. The summed E-state index contributed by atoms with van der Waals surface area (Å²) in [7, 11) is 0. The number of nitrogens with zero attached hydrogens (tertiary/aromatic N) is 7. The van der Waals surface area contributed by atoms with Gasteiger partial charge in [-0.25, -0.2) is 9.97 Å². The average molecular weight is 721 g/mol. The number of anilines is 2. The zero-order chi connectivity index (χ0) is 29.9. The van der Waals surface area contributed by atoms with E-state index in [4.69, 9.17) is 22.3 Å². The van der Waals surface area contributed by atoms with Crippen molar-refractivity contribution in [1.29, 1.82) is 0 Å². The number of rotatable bonds is 5. The van der Waals surface area contributed by atoms with E-state index in [9.17, 15) is 5.21 Å². The lowest BCUT2D eigenvalue weighted by atomic mass is 10.1. The predicted molar refractivity (Wildman–Crippen MR) is 173 cm³/mol. The van der Waals surface area contributed by atoms with Gasteiger partial charge >= 0.3 is 5.15 Å². The summed E-state index contributed by atoms with van der Waals surface area (Å²) < 4.78 is 5.89. The van der Waals surface area contributed by atoms with Crippen LogP contribution < -0.4 is 15.8 Å². The molecule has 214 valence electrons. The molecule has 0 amide bonds. The van der Waals surface area contributed by atoms with Crippen LogP contribution in [0.2, 0.25) is 5.15 Å². The molecule has 0 radical (unpaired) electrons. The third-order valence-corrected chi connectivity index (χ3v) is 7.86. The van der Waals surface area contributed by atoms with Crippen molar-refractivity contribution in [2.24, 2.45) is 0 Å². The van der Waals surface area contributed by atoms with Crippen molar-refractivity contribution in [2.45, 2.75) is 6.54 Å². The maximum atomic E-state index is 9.69. The molecule has 0 fully saturated rings. The van der Waals surface area contributed by atoms with Crippen LogP contribution in [0.1, 0.15) is 5.56 Å². The van der Waals surface area contributed by atoms with Gasteiger partial charge < -0.3 is 11.1 Å². The van der Waals surface area contributed by atoms with Gasteiger partial charge in [-0.1, -0.05) is 60.7 Å². The molecule has 43 heavy (non-hydrogen) atoms. The van der Waals surface area contributed by atoms with Crippen LogP contribution in [0.4, 0.5) is 11.6 Å². The average Bonchev–Trinajstić information content (AvgIpc) is 3.61. The molecule has 0 aliphatic carbocycles. The van der Waals surface area contributed by atoms with Gasteiger partial charge in [0.2, 0.25) is 6.20 Å². The Morgan fingerprint density at radius 1 is 0.791 bits per heavy atom. The molecule has 0 unspecified atom stereocenters. The van der Waals surface area contributed by atoms with Crippen molar-refractivity contribution >= 4 is 66.4 Å². The van der Waals surface area contributed by atoms with Gasteiger partial charge in [0.15, 0.2) is 11.3 Å². The molecule has 5 aromatic heterocycles. The Labute approximate surface area is 267 Å². The molecule has 0 saturated carbocycles. The normalized spacial score (nSPS) is 11.0. The predicted octanol–water partition coefficient (Wildman–Crippen LogP) is 6.69. The SMILES string of the molecule is Nc1cc(-c2ccccc2)nc2c(Br)cnn12.O[n+]1cc(CNc2cc(-c3ccccc3)nc3c(Br)cnn23)ccc1Cl. The summed E-state index contributed by atoms with van der Waals surface area (Å²) in [6.45, 7) is 0.489. The minimum Gasteiger partial charge on any atom is -0.384 e. The lowest BCUT2D eigenvalue weighted by molar-refractivity contribution is -0.903. The second-order valence-electron chi connectivity index (χ2n) is 9.34. The van der Waals surface area contributed by atoms with Crippen molar-refractivity contribution < 1.29 is 9.94 Å². The Morgan fingerprint density at radius 2 is 1.35 bits per heavy atom. The summed E-state index contributed by atoms with van der Waals surface area (Å²) in [5.41, 5.74) is 12.0. The van der Waals surface area contributed by atoms with Crippen LogP contribution in [0, 0.1) is 0 Å². The first-order valence-electron chi connectivity index (χ1n) is 13.0. The van der Waals surface area contributed by atoms with E-state index in [2.05, 4.69) is 52.4 Å². The maximum absolute atomic E-state index is 9.69. The molecule has 0 aliphatic rings. The number of aromatic nitrogens is 7. The number of halogens is 3. The highest BCUT2D eigenvalue weighted by Gasteiger charge is 2.13. The number of nitrogens with two attached hydrogens (primary N) is 1. The van der Waals surface area contributed by atoms with Gasteiger partial charge in [-0.2, -0.15) is 19.2 Å². The molecule has 13 heteroatoms. The number of pyridine rings is 1. The number of nitrogens with one attached hydrogen (secondary N) is 1. The quantitative estimate of drug-likeness (QED) is 0.103. The largest absolute Gasteiger partial charge is 0.384 e. The van der Waals surface area contributed by atoms with E-state index in [1.165, 1.54) is 0 Å². The first-order valence-corrected chi connectivity index (χ1v) is 14.9. The van der Waals surface area contributed by atoms with Crippen LogP contribution in [0.25, 0.3) is 33.8 Å². The number of benzene rings is 2. The Kier molecular flexibility index (Phi) is 8.23. The summed E-state index contributed by atoms with van der Waals surface area (Å²) >= 11 is 12.7. The second-order valence-corrected chi connectivity index (χ2v) is 11.4. The molecule has 0 atom stereocenters. The standard InChI is InChI=1S/C18H14BrClN5O.C12H9BrN4/c19-14-10-22-25-17(21-9-12-6-7-16(20)24(26)11-12)8-15(23-18(14)25)13-4-2-1-3-5-13;13-9-7-15-17-11(14)6-10(16-12(9)17)8-4-2-1-3-5-8/h1-8,10-11,21,26H,9H2;1-7H,14H2/q+1;. The van der Waals surface area contributed by atoms with Crippen molar-refractivity contribution in [3.63, 3.8) is 0 Å². The lowest BCUT2D eigenvalue weighted by Crippen LogP contribution is -2.31. The molecular formula is C30H23Br2ClN9O+. The van der Waals surface area contributed by atoms with Crippen molar-refractivity contribution in [3.8, 4) is 22.5 Å². The molecule has 7 aromatic rings. The molecule has 5 heterocycles. The van der Waals surface area contributed by atoms with E-state index >= 15 is 0 Å². The highest BCUT2D eigenvalue weighted by molar-refractivity contribution is 9.11. The second kappa shape index (κ2) is 12.4. The minimum atomic E-state index is 0.252. The Hall–Kier alpha value is -4.52. The topological polar surface area (TPSA) is 123 Å². The van der Waals surface area contributed by atoms with Crippen LogP contribution in [0.3, 0.4) is 0 Å². The summed E-state index contributed by atoms with van der Waals surface area (Å²) in [6.07, 6.45) is 4.96. The van der Waals surface area contributed by atoms with E-state index in [1.807, 2.05) is 78.9 Å². The molecule has 0 bridgehead atoms. The summed E-state index contributed by atoms with van der Waals surface area (Å²) in [5.74, 6) is 1.36. The molecule has 4 N–H and O–H groups in total. The smallest absolute Gasteiger partial charge is 0.325 e. The number of nitrogen functional groups attached to an aromatic ring is 1. The molecule has 0 saturated heterocycles. The van der Waals surface area contributed by atoms with Crippen LogP contribution in [-0.4, -0.2) is 34.4 Å². The number of hydrogen-bond acceptors (Lipinski definition) is 7. The summed E-state index contributed by atoms with van der Waals surface area (Å²) in [4.78, 5) is 9.24. The minimum absolute atomic E-state index is 0.252. The van der Waals surface area contributed by atoms with Gasteiger partial charge in [0.25, 0.3) is 0 Å². The Morgan fingerprint density at radius 3 is 1.95 bits per heavy atom. The van der Waals surface area contributed by atoms with Crippen molar-refractivity contribution in [1.82, 2.24) is 29.2 Å². The monoisotopic (exact) mass is 718 g/mol. The molecular weight excluding hydrogens is 698 g/mol. The molecule has 0 spiro atoms. The highest BCUT2D eigenvalue weighted by Crippen LogP contribution is 2.26. The third-order valence-electron chi connectivity index (χ3n) is 6.44. The van der Waals surface area contributed by atoms with Gasteiger partial charge in [0.1, 0.15) is 11.6 Å². The Balaban J connectivity index is 0.000000167. The van der Waals surface area contributed by atoms with Gasteiger partial charge in [-0.05, 0) is 49.5 Å². The molecule has 7 rings (SSSR count). The van der Waals surface area contributed by atoms with E-state index < -0.39 is 0 Å². The van der Waals surface area contributed by atoms with Crippen LogP contribution >= 0.6 is 43.5 Å². The van der Waals surface area contributed by atoms with Crippen LogP contribution in [0.5, 0.6) is 0 Å². The highest BCUT2D eigenvalue weighted by atomic mass is 79.9. The lowest BCUT2D eigenvalue weighted by Gasteiger charge is -2.10. The van der Waals surface area contributed by atoms with Gasteiger partial charge in [-0.3, -0.25) is 5.21 Å². The third kappa shape index (κ3) is 6.17. The number of hydrogen-bond donors (Lipinski definition) is 3. The number of fused-ring (bicyclic) bond motifs is 2. The van der Waals surface area contributed by atoms with Crippen molar-refractivity contribution in [2.75, 3.05) is 11.1 Å². The van der Waals surface area contributed by atoms with Crippen LogP contribution in [-0.2, 0) is 6.54 Å². The zero-order valence-electron chi connectivity index (χ0n) is 22.3. The fraction of sp³-hybridized carbons (Fsp3) is 0.0333. The van der Waals surface area contributed by atoms with Crippen molar-refractivity contribution in [3.05, 3.63) is 123 Å². The maximum Gasteiger partial charge on any atom is 0.325 e. The van der Waals surface area contributed by atoms with E-state index in [1.54, 1.807) is 33.7 Å². The zero-order valence-corrected chi connectivity index (χ0v) is 26.2. The first kappa shape index (κ1) is 28.6. The molecule has 2 aromatic carbocycles. The van der Waals surface area contributed by atoms with Gasteiger partial charge in [0.05, 0.1) is 32.7 Å². The first-order chi connectivity index (χ1) is 20.9. The fourth-order valence-corrected chi connectivity index (χ4v) is 5.15. The van der Waals surface area contributed by atoms with E-state index in [-0.39, 0.29) is 5.15 Å². The Bertz CT molecular complexity index is 2050. The summed E-state index contributed by atoms with van der Waals surface area (Å²) in [5, 5.41) is 21.8. The van der Waals surface area contributed by atoms with Gasteiger partial charge in [-0.15, -0.1) is 0 Å². The van der Waals surface area contributed by atoms with Crippen LogP contribution in [0.15, 0.2) is 112 Å². The fourth-order valence-electron chi connectivity index (χ4n) is 4.35. The molecule has 10 nitrogen and oxygen atoms in total. The molecule has 0 aliphatic heterocycles. The van der Waals surface area contributed by atoms with Gasteiger partial charge in [0, 0.05) is 46.2 Å². The van der Waals surface area contributed by atoms with E-state index in [0.29, 0.717) is 12.4 Å². The van der Waals surface area contributed by atoms with E-state index in [0.717, 1.165) is 58.9 Å².